The first kappa shape index (κ1) is 23.6. The van der Waals surface area contributed by atoms with Gasteiger partial charge >= 0.3 is 197 Å². The van der Waals surface area contributed by atoms with Crippen LogP contribution in [0.5, 0.6) is 0 Å². The molecule has 2 aromatic rings. The molecule has 0 atom stereocenters. The van der Waals surface area contributed by atoms with Crippen molar-refractivity contribution in [1.82, 2.24) is 9.13 Å². The topological polar surface area (TPSA) is 12.5 Å². The van der Waals surface area contributed by atoms with Crippen LogP contribution >= 0.6 is 0 Å². The van der Waals surface area contributed by atoms with E-state index in [1.165, 1.54) is 17.6 Å². The zero-order valence-corrected chi connectivity index (χ0v) is 22.1. The monoisotopic (exact) mass is 472 g/mol. The molecule has 0 N–H and O–H groups in total. The summed E-state index contributed by atoms with van der Waals surface area (Å²) < 4.78 is 43.5. The summed E-state index contributed by atoms with van der Waals surface area (Å²) in [6.07, 6.45) is 0. The summed E-state index contributed by atoms with van der Waals surface area (Å²) in [5.41, 5.74) is 1.66. The van der Waals surface area contributed by atoms with Gasteiger partial charge in [0.25, 0.3) is 0 Å². The van der Waals surface area contributed by atoms with Crippen molar-refractivity contribution in [2.75, 3.05) is 0 Å². The quantitative estimate of drug-likeness (QED) is 0.410. The van der Waals surface area contributed by atoms with Gasteiger partial charge in [0.05, 0.1) is 0 Å². The summed E-state index contributed by atoms with van der Waals surface area (Å²) in [5, 5.41) is 0. The molecule has 0 saturated carbocycles. The van der Waals surface area contributed by atoms with E-state index in [1.54, 1.807) is 0 Å². The van der Waals surface area contributed by atoms with Gasteiger partial charge in [-0.15, -0.1) is 0 Å². The van der Waals surface area contributed by atoms with Crippen LogP contribution in [0.4, 0.5) is 8.22 Å². The molecule has 7 heteroatoms. The second kappa shape index (κ2) is 6.98. The molecule has 0 saturated heterocycles. The number of hydrogen-bond acceptors (Lipinski definition) is 2. The zero-order chi connectivity index (χ0) is 24.4. The van der Waals surface area contributed by atoms with Crippen molar-refractivity contribution in [3.05, 3.63) is 71.8 Å². The average molecular weight is 473 g/mol. The predicted molar refractivity (Wildman–Crippen MR) is 134 cm³/mol. The Hall–Kier alpha value is -2.54. The Kier molecular flexibility index (Phi) is 4.99. The second-order valence-corrected chi connectivity index (χ2v) is 15.2. The fourth-order valence-corrected chi connectivity index (χ4v) is 14.8. The van der Waals surface area contributed by atoms with Gasteiger partial charge in [-0.3, -0.25) is 0 Å². The van der Waals surface area contributed by atoms with Crippen LogP contribution < -0.4 is 0 Å². The maximum absolute atomic E-state index is 18.8. The Morgan fingerprint density at radius 1 is 0.576 bits per heavy atom. The summed E-state index contributed by atoms with van der Waals surface area (Å²) in [7, 11) is -6.90. The van der Waals surface area contributed by atoms with Crippen LogP contribution in [0.15, 0.2) is 60.7 Å². The van der Waals surface area contributed by atoms with Crippen molar-refractivity contribution in [3.63, 3.8) is 0 Å². The first-order chi connectivity index (χ1) is 15.3. The Balaban J connectivity index is 2.21. The van der Waals surface area contributed by atoms with Gasteiger partial charge in [-0.05, 0) is 0 Å². The Bertz CT molecular complexity index is 1060. The summed E-state index contributed by atoms with van der Waals surface area (Å²) in [5.74, 6) is 1.25. The molecule has 0 radical (unpaired) electrons. The van der Waals surface area contributed by atoms with Crippen LogP contribution in [0.3, 0.4) is 0 Å². The molecular formula is C26H38F2N4Si. The van der Waals surface area contributed by atoms with Crippen LogP contribution in [0.25, 0.3) is 0 Å². The average Bonchev–Trinajstić information content (AvgIpc) is 2.71. The van der Waals surface area contributed by atoms with Crippen molar-refractivity contribution in [1.29, 1.82) is 0 Å². The molecule has 2 aliphatic rings. The summed E-state index contributed by atoms with van der Waals surface area (Å²) in [6.45, 7) is 15.1. The SMILES string of the molecule is CC(C)N1C(c2ccccc2)=[N+](C(C)C)[Si-2]12(F)(F)N(C(C)C)C(c1ccccc1)=[N+]2C(C)C. The van der Waals surface area contributed by atoms with Gasteiger partial charge in [-0.1, -0.05) is 0 Å². The third-order valence-electron chi connectivity index (χ3n) is 7.06. The Morgan fingerprint density at radius 2 is 0.879 bits per heavy atom. The normalized spacial score (nSPS) is 23.0. The molecule has 4 rings (SSSR count). The standard InChI is InChI=1S/C26H38F2N4Si/c1-19(2)29-25(23-15-11-9-12-16-23)30(20(3)4)33(29,27,28)31(21(5)6)26(32(33)22(7)8)24-17-13-10-14-18-24/h9-22H,1-8H3. The van der Waals surface area contributed by atoms with E-state index in [2.05, 4.69) is 0 Å². The predicted octanol–water partition coefficient (Wildman–Crippen LogP) is 5.45. The molecule has 0 fully saturated rings. The van der Waals surface area contributed by atoms with Crippen LogP contribution in [0.2, 0.25) is 0 Å². The molecule has 1 spiro atoms. The van der Waals surface area contributed by atoms with E-state index in [1.807, 2.05) is 116 Å². The zero-order valence-electron chi connectivity index (χ0n) is 21.1. The molecule has 2 aromatic carbocycles. The maximum atomic E-state index is 18.8. The third kappa shape index (κ3) is 2.54. The third-order valence-corrected chi connectivity index (χ3v) is 14.0. The molecule has 180 valence electrons. The second-order valence-electron chi connectivity index (χ2n) is 10.6. The fraction of sp³-hybridized carbons (Fsp3) is 0.462. The minimum absolute atomic E-state index is 0.380. The summed E-state index contributed by atoms with van der Waals surface area (Å²) in [6, 6.07) is 17.8. The summed E-state index contributed by atoms with van der Waals surface area (Å²) >= 11 is 0. The van der Waals surface area contributed by atoms with Crippen LogP contribution in [0, 0.1) is 0 Å². The molecule has 0 amide bonds. The molecule has 2 aliphatic heterocycles. The number of halogens is 2. The van der Waals surface area contributed by atoms with Crippen LogP contribution in [0.1, 0.15) is 66.5 Å². The minimum atomic E-state index is -6.90. The number of amidine groups is 2. The van der Waals surface area contributed by atoms with E-state index in [-0.39, 0.29) is 24.2 Å². The molecule has 0 aliphatic carbocycles. The van der Waals surface area contributed by atoms with Crippen molar-refractivity contribution in [2.24, 2.45) is 0 Å². The Labute approximate surface area is 197 Å². The molecule has 0 aromatic heterocycles. The van der Waals surface area contributed by atoms with Crippen LogP contribution in [-0.4, -0.2) is 61.4 Å². The van der Waals surface area contributed by atoms with E-state index in [9.17, 15) is 0 Å². The van der Waals surface area contributed by atoms with E-state index < -0.39 is 7.94 Å². The van der Waals surface area contributed by atoms with E-state index in [0.29, 0.717) is 11.7 Å². The molecule has 2 heterocycles. The van der Waals surface area contributed by atoms with Crippen molar-refractivity contribution in [2.45, 2.75) is 79.6 Å². The number of rotatable bonds is 6. The van der Waals surface area contributed by atoms with E-state index in [4.69, 9.17) is 0 Å². The van der Waals surface area contributed by atoms with Gasteiger partial charge in [0.15, 0.2) is 0 Å². The van der Waals surface area contributed by atoms with Crippen molar-refractivity contribution >= 4 is 19.6 Å². The number of hydrogen-bond donors (Lipinski definition) is 0. The van der Waals surface area contributed by atoms with Gasteiger partial charge in [0.1, 0.15) is 0 Å². The fourth-order valence-electron chi connectivity index (χ4n) is 6.60. The first-order valence-electron chi connectivity index (χ1n) is 12.1. The molecular weight excluding hydrogens is 434 g/mol. The van der Waals surface area contributed by atoms with E-state index in [0.717, 1.165) is 11.1 Å². The number of nitrogens with zero attached hydrogens (tertiary/aromatic N) is 4. The van der Waals surface area contributed by atoms with Gasteiger partial charge < -0.3 is 0 Å². The van der Waals surface area contributed by atoms with Gasteiger partial charge in [0.2, 0.25) is 0 Å². The van der Waals surface area contributed by atoms with Crippen LogP contribution in [-0.2, 0) is 0 Å². The van der Waals surface area contributed by atoms with Gasteiger partial charge in [-0.2, -0.15) is 0 Å². The number of benzene rings is 2. The van der Waals surface area contributed by atoms with E-state index >= 15 is 8.22 Å². The first-order valence-corrected chi connectivity index (χ1v) is 14.7. The summed E-state index contributed by atoms with van der Waals surface area (Å²) in [4.78, 5) is 0. The Morgan fingerprint density at radius 3 is 1.12 bits per heavy atom. The van der Waals surface area contributed by atoms with Gasteiger partial charge in [0, 0.05) is 0 Å². The van der Waals surface area contributed by atoms with Crippen molar-refractivity contribution in [3.8, 4) is 0 Å². The molecule has 33 heavy (non-hydrogen) atoms. The molecule has 4 nitrogen and oxygen atoms in total. The van der Waals surface area contributed by atoms with Gasteiger partial charge in [-0.25, -0.2) is 0 Å². The molecule has 0 unspecified atom stereocenters. The molecule has 0 bridgehead atoms. The van der Waals surface area contributed by atoms with Crippen molar-refractivity contribution < 1.29 is 16.7 Å².